The minimum Gasteiger partial charge on any atom is -0.493 e. The van der Waals surface area contributed by atoms with Gasteiger partial charge in [-0.1, -0.05) is 26.0 Å². The number of nitrogens with two attached hydrogens (primary N) is 1. The number of benzene rings is 2. The average Bonchev–Trinajstić information content (AvgIpc) is 3.13. The molecule has 0 radical (unpaired) electrons. The first kappa shape index (κ1) is 23.8. The van der Waals surface area contributed by atoms with Crippen LogP contribution in [0.5, 0.6) is 17.2 Å². The van der Waals surface area contributed by atoms with Crippen molar-refractivity contribution in [2.45, 2.75) is 13.8 Å². The number of hydrogen-bond acceptors (Lipinski definition) is 8. The van der Waals surface area contributed by atoms with Gasteiger partial charge in [-0.2, -0.15) is 9.78 Å². The molecule has 0 atom stereocenters. The van der Waals surface area contributed by atoms with Crippen molar-refractivity contribution in [1.82, 2.24) is 20.0 Å². The Labute approximate surface area is 202 Å². The number of carbonyl (C=O) groups excluding carboxylic acids is 1. The van der Waals surface area contributed by atoms with E-state index in [9.17, 15) is 4.79 Å². The molecular formula is C25H28N6O4. The monoisotopic (exact) mass is 476 g/mol. The van der Waals surface area contributed by atoms with E-state index in [1.54, 1.807) is 32.6 Å². The zero-order valence-electron chi connectivity index (χ0n) is 20.3. The summed E-state index contributed by atoms with van der Waals surface area (Å²) in [5.74, 6) is 1.53. The highest BCUT2D eigenvalue weighted by Crippen LogP contribution is 2.38. The predicted molar refractivity (Wildman–Crippen MR) is 136 cm³/mol. The topological polar surface area (TPSA) is 126 Å². The fourth-order valence-corrected chi connectivity index (χ4v) is 3.67. The van der Waals surface area contributed by atoms with Crippen LogP contribution in [0.25, 0.3) is 22.2 Å². The third-order valence-corrected chi connectivity index (χ3v) is 5.38. The number of hydrogen-bond donors (Lipinski definition) is 2. The molecule has 2 aromatic carbocycles. The number of aromatic nitrogens is 3. The molecule has 0 aliphatic heterocycles. The van der Waals surface area contributed by atoms with E-state index in [0.29, 0.717) is 51.6 Å². The number of ether oxygens (including phenoxy) is 3. The van der Waals surface area contributed by atoms with Gasteiger partial charge >= 0.3 is 0 Å². The van der Waals surface area contributed by atoms with Crippen LogP contribution >= 0.6 is 0 Å². The Morgan fingerprint density at radius 2 is 1.71 bits per heavy atom. The largest absolute Gasteiger partial charge is 0.493 e. The van der Waals surface area contributed by atoms with Crippen molar-refractivity contribution in [3.8, 4) is 17.2 Å². The Hall–Kier alpha value is -4.34. The third kappa shape index (κ3) is 4.54. The number of amides is 1. The summed E-state index contributed by atoms with van der Waals surface area (Å²) in [6.07, 6.45) is 1.58. The van der Waals surface area contributed by atoms with Crippen LogP contribution in [0.2, 0.25) is 0 Å². The second kappa shape index (κ2) is 9.88. The van der Waals surface area contributed by atoms with Crippen molar-refractivity contribution < 1.29 is 19.0 Å². The van der Waals surface area contributed by atoms with E-state index >= 15 is 0 Å². The predicted octanol–water partition coefficient (Wildman–Crippen LogP) is 3.46. The van der Waals surface area contributed by atoms with Crippen LogP contribution in [0.3, 0.4) is 0 Å². The maximum atomic E-state index is 13.1. The molecule has 1 amide bonds. The van der Waals surface area contributed by atoms with E-state index in [1.165, 1.54) is 11.8 Å². The first-order valence-electron chi connectivity index (χ1n) is 11.1. The molecule has 0 unspecified atom stereocenters. The minimum absolute atomic E-state index is 0.139. The van der Waals surface area contributed by atoms with Gasteiger partial charge in [-0.25, -0.2) is 9.97 Å². The Kier molecular flexibility index (Phi) is 6.72. The molecule has 182 valence electrons. The van der Waals surface area contributed by atoms with E-state index in [4.69, 9.17) is 24.9 Å². The summed E-state index contributed by atoms with van der Waals surface area (Å²) in [4.78, 5) is 22.5. The highest BCUT2D eigenvalue weighted by atomic mass is 16.5. The Balaban J connectivity index is 1.87. The quantitative estimate of drug-likeness (QED) is 0.373. The normalized spacial score (nSPS) is 11.5. The SMILES string of the molecule is COc1cc(C=Nn2c(N)c(C(=O)NCC(C)C)c3nc4ccccc4nc32)cc(OC)c1OC. The van der Waals surface area contributed by atoms with Crippen LogP contribution in [-0.4, -0.2) is 54.6 Å². The fraction of sp³-hybridized carbons (Fsp3) is 0.280. The molecule has 2 aromatic heterocycles. The van der Waals surface area contributed by atoms with Gasteiger partial charge in [0.25, 0.3) is 5.91 Å². The van der Waals surface area contributed by atoms with Gasteiger partial charge in [-0.15, -0.1) is 0 Å². The number of fused-ring (bicyclic) bond motifs is 2. The van der Waals surface area contributed by atoms with Gasteiger partial charge in [-0.3, -0.25) is 4.79 Å². The molecule has 3 N–H and O–H groups in total. The lowest BCUT2D eigenvalue weighted by Crippen LogP contribution is -2.28. The van der Waals surface area contributed by atoms with Crippen molar-refractivity contribution in [3.05, 3.63) is 47.5 Å². The number of anilines is 1. The summed E-state index contributed by atoms with van der Waals surface area (Å²) in [7, 11) is 4.62. The number of nitrogens with one attached hydrogen (secondary N) is 1. The Bertz CT molecular complexity index is 1400. The summed E-state index contributed by atoms with van der Waals surface area (Å²) in [5, 5.41) is 7.46. The maximum absolute atomic E-state index is 13.1. The van der Waals surface area contributed by atoms with Gasteiger partial charge in [-0.05, 0) is 30.2 Å². The average molecular weight is 477 g/mol. The molecule has 0 aliphatic carbocycles. The molecule has 0 aliphatic rings. The van der Waals surface area contributed by atoms with Crippen molar-refractivity contribution >= 4 is 40.1 Å². The summed E-state index contributed by atoms with van der Waals surface area (Å²) in [6, 6.07) is 10.9. The summed E-state index contributed by atoms with van der Waals surface area (Å²) in [5.41, 5.74) is 9.42. The van der Waals surface area contributed by atoms with Gasteiger partial charge in [0.2, 0.25) is 5.75 Å². The van der Waals surface area contributed by atoms with Crippen LogP contribution in [0.1, 0.15) is 29.8 Å². The molecule has 4 aromatic rings. The molecule has 10 heteroatoms. The number of para-hydroxylation sites is 2. The maximum Gasteiger partial charge on any atom is 0.257 e. The first-order valence-corrected chi connectivity index (χ1v) is 11.1. The molecular weight excluding hydrogens is 448 g/mol. The van der Waals surface area contributed by atoms with E-state index in [1.807, 2.05) is 38.1 Å². The summed E-state index contributed by atoms with van der Waals surface area (Å²) < 4.78 is 17.6. The molecule has 10 nitrogen and oxygen atoms in total. The second-order valence-corrected chi connectivity index (χ2v) is 8.26. The lowest BCUT2D eigenvalue weighted by molar-refractivity contribution is 0.0951. The number of carbonyl (C=O) groups is 1. The zero-order chi connectivity index (χ0) is 25.1. The number of methoxy groups -OCH3 is 3. The number of rotatable bonds is 8. The van der Waals surface area contributed by atoms with Gasteiger partial charge in [0.15, 0.2) is 17.1 Å². The van der Waals surface area contributed by atoms with Crippen LogP contribution in [0.4, 0.5) is 5.82 Å². The summed E-state index contributed by atoms with van der Waals surface area (Å²) in [6.45, 7) is 4.53. The van der Waals surface area contributed by atoms with Crippen molar-refractivity contribution in [1.29, 1.82) is 0 Å². The van der Waals surface area contributed by atoms with Gasteiger partial charge < -0.3 is 25.3 Å². The minimum atomic E-state index is -0.326. The second-order valence-electron chi connectivity index (χ2n) is 8.26. The highest BCUT2D eigenvalue weighted by Gasteiger charge is 2.24. The van der Waals surface area contributed by atoms with Crippen LogP contribution in [0.15, 0.2) is 41.5 Å². The van der Waals surface area contributed by atoms with Gasteiger partial charge in [0, 0.05) is 12.1 Å². The highest BCUT2D eigenvalue weighted by molar-refractivity contribution is 6.10. The van der Waals surface area contributed by atoms with Crippen LogP contribution in [-0.2, 0) is 0 Å². The van der Waals surface area contributed by atoms with Crippen molar-refractivity contribution in [3.63, 3.8) is 0 Å². The van der Waals surface area contributed by atoms with Crippen LogP contribution < -0.4 is 25.3 Å². The van der Waals surface area contributed by atoms with E-state index < -0.39 is 0 Å². The van der Waals surface area contributed by atoms with E-state index in [2.05, 4.69) is 15.4 Å². The number of nitrogen functional groups attached to an aromatic ring is 1. The molecule has 0 saturated heterocycles. The standard InChI is InChI=1S/C25H28N6O4/c1-14(2)12-27-25(32)20-21-24(30-17-9-7-6-8-16(17)29-21)31(23(20)26)28-13-15-10-18(33-3)22(35-5)19(11-15)34-4/h6-11,13-14H,12,26H2,1-5H3,(H,27,32). The van der Waals surface area contributed by atoms with E-state index in [0.717, 1.165) is 0 Å². The fourth-order valence-electron chi connectivity index (χ4n) is 3.67. The third-order valence-electron chi connectivity index (χ3n) is 5.38. The Morgan fingerprint density at radius 3 is 2.29 bits per heavy atom. The lowest BCUT2D eigenvalue weighted by Gasteiger charge is -2.12. The Morgan fingerprint density at radius 1 is 1.09 bits per heavy atom. The first-order chi connectivity index (χ1) is 16.9. The van der Waals surface area contributed by atoms with Crippen molar-refractivity contribution in [2.24, 2.45) is 11.0 Å². The van der Waals surface area contributed by atoms with Gasteiger partial charge in [0.1, 0.15) is 16.9 Å². The molecule has 0 bridgehead atoms. The molecule has 0 spiro atoms. The number of nitrogens with zero attached hydrogens (tertiary/aromatic N) is 4. The smallest absolute Gasteiger partial charge is 0.257 e. The van der Waals surface area contributed by atoms with E-state index in [-0.39, 0.29) is 23.2 Å². The zero-order valence-corrected chi connectivity index (χ0v) is 20.3. The molecule has 2 heterocycles. The molecule has 0 saturated carbocycles. The molecule has 35 heavy (non-hydrogen) atoms. The molecule has 0 fully saturated rings. The molecule has 4 rings (SSSR count). The van der Waals surface area contributed by atoms with Gasteiger partial charge in [0.05, 0.1) is 38.6 Å². The summed E-state index contributed by atoms with van der Waals surface area (Å²) >= 11 is 0. The lowest BCUT2D eigenvalue weighted by atomic mass is 10.2. The van der Waals surface area contributed by atoms with Crippen LogP contribution in [0, 0.1) is 5.92 Å². The van der Waals surface area contributed by atoms with Crippen molar-refractivity contribution in [2.75, 3.05) is 33.6 Å².